The van der Waals surface area contributed by atoms with E-state index in [0.717, 1.165) is 5.92 Å². The second-order valence-electron chi connectivity index (χ2n) is 7.83. The van der Waals surface area contributed by atoms with Crippen molar-refractivity contribution in [3.05, 3.63) is 0 Å². The monoisotopic (exact) mass is 252 g/mol. The van der Waals surface area contributed by atoms with Gasteiger partial charge in [0.15, 0.2) is 0 Å². The van der Waals surface area contributed by atoms with Gasteiger partial charge in [0.25, 0.3) is 0 Å². The summed E-state index contributed by atoms with van der Waals surface area (Å²) in [7, 11) is 0. The van der Waals surface area contributed by atoms with E-state index in [9.17, 15) is 0 Å². The Bertz CT molecular complexity index is 261. The Morgan fingerprint density at radius 1 is 1.17 bits per heavy atom. The lowest BCUT2D eigenvalue weighted by atomic mass is 9.80. The van der Waals surface area contributed by atoms with Gasteiger partial charge in [-0.15, -0.1) is 0 Å². The van der Waals surface area contributed by atoms with Crippen LogP contribution in [0.15, 0.2) is 0 Å². The van der Waals surface area contributed by atoms with Crippen LogP contribution >= 0.6 is 0 Å². The zero-order valence-corrected chi connectivity index (χ0v) is 12.7. The maximum atomic E-state index is 6.53. The van der Waals surface area contributed by atoms with Crippen molar-refractivity contribution in [2.45, 2.75) is 71.3 Å². The Labute approximate surface area is 113 Å². The third-order valence-electron chi connectivity index (χ3n) is 5.27. The molecule has 2 rings (SSSR count). The average Bonchev–Trinajstić information content (AvgIpc) is 2.76. The van der Waals surface area contributed by atoms with Crippen LogP contribution in [-0.4, -0.2) is 30.1 Å². The first-order chi connectivity index (χ1) is 8.39. The Balaban J connectivity index is 1.75. The number of rotatable bonds is 3. The minimum Gasteiger partial charge on any atom is -0.325 e. The lowest BCUT2D eigenvalue weighted by molar-refractivity contribution is 0.203. The third kappa shape index (κ3) is 3.71. The summed E-state index contributed by atoms with van der Waals surface area (Å²) in [5, 5.41) is 0. The van der Waals surface area contributed by atoms with E-state index in [-0.39, 0.29) is 5.54 Å². The van der Waals surface area contributed by atoms with Crippen LogP contribution < -0.4 is 5.73 Å². The van der Waals surface area contributed by atoms with E-state index < -0.39 is 0 Å². The Hall–Kier alpha value is -0.0800. The summed E-state index contributed by atoms with van der Waals surface area (Å²) in [5.74, 6) is 0.873. The third-order valence-corrected chi connectivity index (χ3v) is 5.27. The van der Waals surface area contributed by atoms with Crippen LogP contribution in [0.25, 0.3) is 0 Å². The van der Waals surface area contributed by atoms with Crippen molar-refractivity contribution >= 4 is 0 Å². The normalized spacial score (nSPS) is 29.7. The summed E-state index contributed by atoms with van der Waals surface area (Å²) in [6.45, 7) is 11.0. The summed E-state index contributed by atoms with van der Waals surface area (Å²) < 4.78 is 0. The van der Waals surface area contributed by atoms with E-state index >= 15 is 0 Å². The van der Waals surface area contributed by atoms with Crippen molar-refractivity contribution in [3.8, 4) is 0 Å². The predicted octanol–water partition coefficient (Wildman–Crippen LogP) is 3.41. The highest BCUT2D eigenvalue weighted by Gasteiger charge is 2.33. The maximum Gasteiger partial charge on any atom is 0.0166 e. The van der Waals surface area contributed by atoms with Crippen molar-refractivity contribution in [3.63, 3.8) is 0 Å². The molecule has 18 heavy (non-hydrogen) atoms. The van der Waals surface area contributed by atoms with Gasteiger partial charge in [-0.05, 0) is 50.1 Å². The van der Waals surface area contributed by atoms with Gasteiger partial charge in [0.2, 0.25) is 0 Å². The molecular weight excluding hydrogens is 220 g/mol. The van der Waals surface area contributed by atoms with Crippen molar-refractivity contribution < 1.29 is 0 Å². The van der Waals surface area contributed by atoms with Gasteiger partial charge in [-0.25, -0.2) is 0 Å². The molecule has 0 radical (unpaired) electrons. The smallest absolute Gasteiger partial charge is 0.0166 e. The summed E-state index contributed by atoms with van der Waals surface area (Å²) in [6.07, 6.45) is 9.19. The molecule has 1 aliphatic carbocycles. The standard InChI is InChI=1S/C16H32N2/c1-15(2,3)14-7-11-18(13-14)12-10-16(17)8-5-4-6-9-16/h14H,4-13,17H2,1-3H3. The molecule has 1 aliphatic heterocycles. The van der Waals surface area contributed by atoms with Crippen LogP contribution in [0.2, 0.25) is 0 Å². The molecule has 1 saturated carbocycles. The molecule has 0 aromatic rings. The van der Waals surface area contributed by atoms with Crippen LogP contribution in [0.5, 0.6) is 0 Å². The number of nitrogens with two attached hydrogens (primary N) is 1. The lowest BCUT2D eigenvalue weighted by Crippen LogP contribution is -2.44. The van der Waals surface area contributed by atoms with E-state index in [1.165, 1.54) is 64.6 Å². The molecule has 1 heterocycles. The lowest BCUT2D eigenvalue weighted by Gasteiger charge is -2.35. The molecule has 2 aliphatic rings. The van der Waals surface area contributed by atoms with Crippen molar-refractivity contribution in [1.29, 1.82) is 0 Å². The molecule has 0 spiro atoms. The van der Waals surface area contributed by atoms with E-state index in [1.54, 1.807) is 0 Å². The Morgan fingerprint density at radius 2 is 1.83 bits per heavy atom. The fraction of sp³-hybridized carbons (Fsp3) is 1.00. The Kier molecular flexibility index (Phi) is 4.38. The Morgan fingerprint density at radius 3 is 2.39 bits per heavy atom. The summed E-state index contributed by atoms with van der Waals surface area (Å²) in [6, 6.07) is 0. The molecule has 0 aromatic carbocycles. The van der Waals surface area contributed by atoms with Crippen molar-refractivity contribution in [1.82, 2.24) is 4.90 Å². The van der Waals surface area contributed by atoms with Crippen LogP contribution in [0, 0.1) is 11.3 Å². The minimum atomic E-state index is 0.165. The largest absolute Gasteiger partial charge is 0.325 e. The molecule has 0 bridgehead atoms. The summed E-state index contributed by atoms with van der Waals surface area (Å²) in [4.78, 5) is 2.65. The highest BCUT2D eigenvalue weighted by Crippen LogP contribution is 2.34. The first kappa shape index (κ1) is 14.3. The molecule has 1 saturated heterocycles. The number of hydrogen-bond donors (Lipinski definition) is 1. The molecular formula is C16H32N2. The van der Waals surface area contributed by atoms with Gasteiger partial charge in [-0.1, -0.05) is 40.0 Å². The quantitative estimate of drug-likeness (QED) is 0.834. The number of likely N-dealkylation sites (tertiary alicyclic amines) is 1. The van der Waals surface area contributed by atoms with E-state index in [0.29, 0.717) is 5.41 Å². The van der Waals surface area contributed by atoms with Gasteiger partial charge in [-0.2, -0.15) is 0 Å². The zero-order valence-electron chi connectivity index (χ0n) is 12.7. The molecule has 1 unspecified atom stereocenters. The first-order valence-corrected chi connectivity index (χ1v) is 7.90. The van der Waals surface area contributed by atoms with Crippen LogP contribution in [0.4, 0.5) is 0 Å². The topological polar surface area (TPSA) is 29.3 Å². The van der Waals surface area contributed by atoms with Gasteiger partial charge in [0, 0.05) is 12.1 Å². The van der Waals surface area contributed by atoms with Crippen LogP contribution in [-0.2, 0) is 0 Å². The van der Waals surface area contributed by atoms with E-state index in [2.05, 4.69) is 25.7 Å². The van der Waals surface area contributed by atoms with E-state index in [1.807, 2.05) is 0 Å². The predicted molar refractivity (Wildman–Crippen MR) is 78.6 cm³/mol. The molecule has 2 nitrogen and oxygen atoms in total. The second kappa shape index (κ2) is 5.50. The maximum absolute atomic E-state index is 6.53. The van der Waals surface area contributed by atoms with E-state index in [4.69, 9.17) is 5.73 Å². The molecule has 0 amide bonds. The molecule has 2 heteroatoms. The first-order valence-electron chi connectivity index (χ1n) is 7.90. The number of hydrogen-bond acceptors (Lipinski definition) is 2. The summed E-state index contributed by atoms with van der Waals surface area (Å²) >= 11 is 0. The fourth-order valence-electron chi connectivity index (χ4n) is 3.63. The second-order valence-corrected chi connectivity index (χ2v) is 7.83. The van der Waals surface area contributed by atoms with Gasteiger partial charge < -0.3 is 10.6 Å². The highest BCUT2D eigenvalue weighted by molar-refractivity contribution is 4.90. The van der Waals surface area contributed by atoms with Crippen LogP contribution in [0.1, 0.15) is 65.7 Å². The molecule has 106 valence electrons. The summed E-state index contributed by atoms with van der Waals surface area (Å²) in [5.41, 5.74) is 7.17. The van der Waals surface area contributed by atoms with Gasteiger partial charge >= 0.3 is 0 Å². The molecule has 2 fully saturated rings. The highest BCUT2D eigenvalue weighted by atomic mass is 15.1. The van der Waals surface area contributed by atoms with Crippen molar-refractivity contribution in [2.24, 2.45) is 17.1 Å². The number of nitrogens with zero attached hydrogens (tertiary/aromatic N) is 1. The van der Waals surface area contributed by atoms with Crippen molar-refractivity contribution in [2.75, 3.05) is 19.6 Å². The fourth-order valence-corrected chi connectivity index (χ4v) is 3.63. The zero-order chi connectivity index (χ0) is 13.2. The molecule has 0 aromatic heterocycles. The minimum absolute atomic E-state index is 0.165. The van der Waals surface area contributed by atoms with Gasteiger partial charge in [0.1, 0.15) is 0 Å². The van der Waals surface area contributed by atoms with Crippen LogP contribution in [0.3, 0.4) is 0 Å². The molecule has 1 atom stereocenters. The van der Waals surface area contributed by atoms with Gasteiger partial charge in [-0.3, -0.25) is 0 Å². The van der Waals surface area contributed by atoms with Gasteiger partial charge in [0.05, 0.1) is 0 Å². The molecule has 2 N–H and O–H groups in total. The SMILES string of the molecule is CC(C)(C)C1CCN(CCC2(N)CCCCC2)C1. The average molecular weight is 252 g/mol.